The van der Waals surface area contributed by atoms with Crippen molar-refractivity contribution in [3.8, 4) is 5.69 Å². The van der Waals surface area contributed by atoms with Gasteiger partial charge in [-0.25, -0.2) is 9.67 Å². The molecule has 2 aromatic rings. The summed E-state index contributed by atoms with van der Waals surface area (Å²) in [5.74, 6) is 1.88. The molecule has 4 rings (SSSR count). The number of rotatable bonds is 7. The second-order valence-corrected chi connectivity index (χ2v) is 8.15. The van der Waals surface area contributed by atoms with Crippen molar-refractivity contribution in [1.82, 2.24) is 20.4 Å². The third-order valence-electron chi connectivity index (χ3n) is 5.92. The number of aromatic nitrogens is 2. The number of guanidine groups is 1. The minimum atomic E-state index is 0. The number of aliphatic imine (C=N–C) groups is 1. The Morgan fingerprint density at radius 2 is 1.96 bits per heavy atom. The lowest BCUT2D eigenvalue weighted by Crippen LogP contribution is -2.40. The van der Waals surface area contributed by atoms with Crippen molar-refractivity contribution in [2.45, 2.75) is 53.0 Å². The SMILES string of the molecule is CCNC(=NCc1ccccc1-n1nc(C)cc1C)NCC1(C2CC2)CC1.I. The first kappa shape index (κ1) is 21.1. The van der Waals surface area contributed by atoms with Gasteiger partial charge >= 0.3 is 0 Å². The smallest absolute Gasteiger partial charge is 0.191 e. The molecule has 28 heavy (non-hydrogen) atoms. The van der Waals surface area contributed by atoms with Gasteiger partial charge in [-0.15, -0.1) is 24.0 Å². The summed E-state index contributed by atoms with van der Waals surface area (Å²) >= 11 is 0. The van der Waals surface area contributed by atoms with Gasteiger partial charge in [-0.2, -0.15) is 5.10 Å². The van der Waals surface area contributed by atoms with Crippen molar-refractivity contribution in [2.24, 2.45) is 16.3 Å². The number of nitrogens with zero attached hydrogens (tertiary/aromatic N) is 3. The molecule has 0 radical (unpaired) electrons. The molecule has 2 fully saturated rings. The van der Waals surface area contributed by atoms with Crippen LogP contribution in [0.25, 0.3) is 5.69 Å². The van der Waals surface area contributed by atoms with E-state index in [1.54, 1.807) is 0 Å². The molecule has 1 heterocycles. The molecule has 6 heteroatoms. The molecule has 152 valence electrons. The summed E-state index contributed by atoms with van der Waals surface area (Å²) in [6.07, 6.45) is 5.60. The topological polar surface area (TPSA) is 54.2 Å². The minimum absolute atomic E-state index is 0. The van der Waals surface area contributed by atoms with Crippen LogP contribution in [-0.2, 0) is 6.54 Å². The average molecular weight is 493 g/mol. The van der Waals surface area contributed by atoms with Crippen molar-refractivity contribution < 1.29 is 0 Å². The van der Waals surface area contributed by atoms with Crippen LogP contribution in [0.4, 0.5) is 0 Å². The molecular weight excluding hydrogens is 461 g/mol. The third kappa shape index (κ3) is 4.70. The van der Waals surface area contributed by atoms with Crippen molar-refractivity contribution in [3.63, 3.8) is 0 Å². The maximum atomic E-state index is 4.87. The first-order valence-electron chi connectivity index (χ1n) is 10.2. The second kappa shape index (κ2) is 8.84. The van der Waals surface area contributed by atoms with Gasteiger partial charge in [0, 0.05) is 18.8 Å². The first-order valence-corrected chi connectivity index (χ1v) is 10.2. The number of benzene rings is 1. The largest absolute Gasteiger partial charge is 0.357 e. The quantitative estimate of drug-likeness (QED) is 0.343. The summed E-state index contributed by atoms with van der Waals surface area (Å²) in [6.45, 7) is 8.82. The highest BCUT2D eigenvalue weighted by molar-refractivity contribution is 14.0. The van der Waals surface area contributed by atoms with Crippen LogP contribution in [0.15, 0.2) is 35.3 Å². The Kier molecular flexibility index (Phi) is 6.68. The molecule has 2 aliphatic carbocycles. The fourth-order valence-corrected chi connectivity index (χ4v) is 4.08. The molecule has 0 amide bonds. The van der Waals surface area contributed by atoms with Gasteiger partial charge in [0.2, 0.25) is 0 Å². The van der Waals surface area contributed by atoms with Crippen LogP contribution in [0.3, 0.4) is 0 Å². The standard InChI is InChI=1S/C22H31N5.HI/c1-4-23-21(25-15-22(11-12-22)19-9-10-19)24-14-18-7-5-6-8-20(18)27-17(3)13-16(2)26-27;/h5-8,13,19H,4,9-12,14-15H2,1-3H3,(H2,23,24,25);1H. The summed E-state index contributed by atoms with van der Waals surface area (Å²) < 4.78 is 2.02. The molecular formula is C22H32IN5. The van der Waals surface area contributed by atoms with Gasteiger partial charge in [-0.3, -0.25) is 0 Å². The van der Waals surface area contributed by atoms with Crippen LogP contribution in [0.5, 0.6) is 0 Å². The van der Waals surface area contributed by atoms with Gasteiger partial charge < -0.3 is 10.6 Å². The highest BCUT2D eigenvalue weighted by Gasteiger charge is 2.53. The first-order chi connectivity index (χ1) is 13.1. The molecule has 0 spiro atoms. The molecule has 0 atom stereocenters. The lowest BCUT2D eigenvalue weighted by molar-refractivity contribution is 0.431. The van der Waals surface area contributed by atoms with Gasteiger partial charge in [0.15, 0.2) is 5.96 Å². The van der Waals surface area contributed by atoms with Gasteiger partial charge in [0.05, 0.1) is 17.9 Å². The number of para-hydroxylation sites is 1. The Morgan fingerprint density at radius 3 is 2.57 bits per heavy atom. The predicted octanol–water partition coefficient (Wildman–Crippen LogP) is 4.35. The van der Waals surface area contributed by atoms with E-state index in [9.17, 15) is 0 Å². The van der Waals surface area contributed by atoms with E-state index < -0.39 is 0 Å². The van der Waals surface area contributed by atoms with Crippen molar-refractivity contribution >= 4 is 29.9 Å². The molecule has 1 aromatic heterocycles. The lowest BCUT2D eigenvalue weighted by atomic mass is 10.0. The zero-order valence-electron chi connectivity index (χ0n) is 17.2. The Bertz CT molecular complexity index is 833. The predicted molar refractivity (Wildman–Crippen MR) is 126 cm³/mol. The van der Waals surface area contributed by atoms with Gasteiger partial charge in [0.25, 0.3) is 0 Å². The molecule has 0 unspecified atom stereocenters. The number of hydrogen-bond donors (Lipinski definition) is 2. The van der Waals surface area contributed by atoms with Gasteiger partial charge in [0.1, 0.15) is 0 Å². The van der Waals surface area contributed by atoms with E-state index in [-0.39, 0.29) is 24.0 Å². The van der Waals surface area contributed by atoms with E-state index >= 15 is 0 Å². The molecule has 2 saturated carbocycles. The van der Waals surface area contributed by atoms with Crippen molar-refractivity contribution in [1.29, 1.82) is 0 Å². The highest BCUT2D eigenvalue weighted by Crippen LogP contribution is 2.60. The Labute approximate surface area is 185 Å². The summed E-state index contributed by atoms with van der Waals surface area (Å²) in [4.78, 5) is 4.87. The van der Waals surface area contributed by atoms with Gasteiger partial charge in [-0.05, 0) is 75.5 Å². The Balaban J connectivity index is 0.00000225. The Hall–Kier alpha value is -1.57. The lowest BCUT2D eigenvalue weighted by Gasteiger charge is -2.18. The van der Waals surface area contributed by atoms with Crippen LogP contribution in [0.2, 0.25) is 0 Å². The molecule has 0 aliphatic heterocycles. The van der Waals surface area contributed by atoms with Crippen LogP contribution < -0.4 is 10.6 Å². The molecule has 5 nitrogen and oxygen atoms in total. The van der Waals surface area contributed by atoms with E-state index in [1.807, 2.05) is 11.6 Å². The second-order valence-electron chi connectivity index (χ2n) is 8.15. The fourth-order valence-electron chi connectivity index (χ4n) is 4.08. The zero-order valence-corrected chi connectivity index (χ0v) is 19.5. The summed E-state index contributed by atoms with van der Waals surface area (Å²) in [6, 6.07) is 10.5. The molecule has 0 bridgehead atoms. The number of halogens is 1. The number of nitrogens with one attached hydrogen (secondary N) is 2. The monoisotopic (exact) mass is 493 g/mol. The zero-order chi connectivity index (χ0) is 18.9. The maximum Gasteiger partial charge on any atom is 0.191 e. The highest BCUT2D eigenvalue weighted by atomic mass is 127. The summed E-state index contributed by atoms with van der Waals surface area (Å²) in [7, 11) is 0. The normalized spacial score (nSPS) is 17.8. The van der Waals surface area contributed by atoms with Crippen molar-refractivity contribution in [3.05, 3.63) is 47.3 Å². The molecule has 2 aliphatic rings. The molecule has 2 N–H and O–H groups in total. The van der Waals surface area contributed by atoms with Crippen LogP contribution in [0.1, 0.15) is 49.6 Å². The average Bonchev–Trinajstić information content (AvgIpc) is 3.56. The van der Waals surface area contributed by atoms with Crippen LogP contribution >= 0.6 is 24.0 Å². The van der Waals surface area contributed by atoms with E-state index in [0.717, 1.165) is 42.0 Å². The number of aryl methyl sites for hydroxylation is 2. The maximum absolute atomic E-state index is 4.87. The summed E-state index contributed by atoms with van der Waals surface area (Å²) in [5, 5.41) is 11.7. The third-order valence-corrected chi connectivity index (χ3v) is 5.92. The van der Waals surface area contributed by atoms with E-state index in [4.69, 9.17) is 4.99 Å². The minimum Gasteiger partial charge on any atom is -0.357 e. The molecule has 0 saturated heterocycles. The van der Waals surface area contributed by atoms with Crippen LogP contribution in [-0.4, -0.2) is 28.8 Å². The number of hydrogen-bond acceptors (Lipinski definition) is 2. The van der Waals surface area contributed by atoms with E-state index in [0.29, 0.717) is 12.0 Å². The van der Waals surface area contributed by atoms with E-state index in [1.165, 1.54) is 31.2 Å². The van der Waals surface area contributed by atoms with Crippen molar-refractivity contribution in [2.75, 3.05) is 13.1 Å². The van der Waals surface area contributed by atoms with E-state index in [2.05, 4.69) is 59.9 Å². The van der Waals surface area contributed by atoms with Gasteiger partial charge in [-0.1, -0.05) is 18.2 Å². The summed E-state index contributed by atoms with van der Waals surface area (Å²) in [5.41, 5.74) is 5.05. The molecule has 1 aromatic carbocycles. The Morgan fingerprint density at radius 1 is 1.21 bits per heavy atom. The van der Waals surface area contributed by atoms with Crippen LogP contribution in [0, 0.1) is 25.2 Å². The fraction of sp³-hybridized carbons (Fsp3) is 0.545.